The molecule has 0 aromatic heterocycles. The molecule has 2 N–H and O–H groups in total. The van der Waals surface area contributed by atoms with Gasteiger partial charge in [0.1, 0.15) is 0 Å². The quantitative estimate of drug-likeness (QED) is 0.635. The van der Waals surface area contributed by atoms with E-state index >= 15 is 0 Å². The maximum atomic E-state index is 5.77. The Morgan fingerprint density at radius 2 is 1.64 bits per heavy atom. The zero-order valence-electron chi connectivity index (χ0n) is 9.24. The lowest BCUT2D eigenvalue weighted by molar-refractivity contribution is 0.0517. The van der Waals surface area contributed by atoms with Crippen molar-refractivity contribution in [1.82, 2.24) is 4.90 Å². The second-order valence-electron chi connectivity index (χ2n) is 3.91. The average molecular weight is 202 g/mol. The molecule has 0 heterocycles. The predicted octanol–water partition coefficient (Wildman–Crippen LogP) is 0.0709. The molecule has 0 spiro atoms. The lowest BCUT2D eigenvalue weighted by Crippen LogP contribution is -2.52. The molecule has 14 heavy (non-hydrogen) atoms. The summed E-state index contributed by atoms with van der Waals surface area (Å²) in [5, 5.41) is 0. The molecule has 0 aromatic rings. The van der Waals surface area contributed by atoms with Gasteiger partial charge in [-0.15, -0.1) is 0 Å². The van der Waals surface area contributed by atoms with Crippen LogP contribution in [0.2, 0.25) is 0 Å². The van der Waals surface area contributed by atoms with Gasteiger partial charge in [-0.1, -0.05) is 0 Å². The fraction of sp³-hybridized carbons (Fsp3) is 1.00. The molecule has 0 radical (unpaired) electrons. The van der Waals surface area contributed by atoms with Crippen LogP contribution in [0.1, 0.15) is 12.8 Å². The first-order valence-electron chi connectivity index (χ1n) is 5.25. The Kier molecular flexibility index (Phi) is 5.40. The summed E-state index contributed by atoms with van der Waals surface area (Å²) in [7, 11) is 3.47. The second-order valence-corrected chi connectivity index (χ2v) is 3.91. The Bertz CT molecular complexity index is 141. The van der Waals surface area contributed by atoms with E-state index in [1.54, 1.807) is 14.2 Å². The third-order valence-corrected chi connectivity index (χ3v) is 2.83. The van der Waals surface area contributed by atoms with Crippen molar-refractivity contribution < 1.29 is 9.47 Å². The van der Waals surface area contributed by atoms with Gasteiger partial charge in [0, 0.05) is 39.4 Å². The lowest BCUT2D eigenvalue weighted by Gasteiger charge is -2.41. The van der Waals surface area contributed by atoms with E-state index in [0.29, 0.717) is 12.1 Å². The first-order chi connectivity index (χ1) is 6.77. The van der Waals surface area contributed by atoms with E-state index in [9.17, 15) is 0 Å². The number of nitrogens with two attached hydrogens (primary N) is 1. The van der Waals surface area contributed by atoms with Gasteiger partial charge in [-0.2, -0.15) is 0 Å². The molecule has 1 aliphatic carbocycles. The highest BCUT2D eigenvalue weighted by Crippen LogP contribution is 2.23. The SMILES string of the molecule is COCCN(CCOC)C1CC(N)C1. The van der Waals surface area contributed by atoms with Crippen LogP contribution in [0.25, 0.3) is 0 Å². The van der Waals surface area contributed by atoms with Crippen molar-refractivity contribution in [2.45, 2.75) is 24.9 Å². The molecular formula is C10H22N2O2. The van der Waals surface area contributed by atoms with Gasteiger partial charge in [-0.25, -0.2) is 0 Å². The van der Waals surface area contributed by atoms with Crippen LogP contribution in [0.3, 0.4) is 0 Å². The Labute approximate surface area is 86.3 Å². The van der Waals surface area contributed by atoms with E-state index in [4.69, 9.17) is 15.2 Å². The summed E-state index contributed by atoms with van der Waals surface area (Å²) < 4.78 is 10.2. The van der Waals surface area contributed by atoms with Crippen LogP contribution in [-0.4, -0.2) is 57.5 Å². The third kappa shape index (κ3) is 3.53. The minimum atomic E-state index is 0.410. The summed E-state index contributed by atoms with van der Waals surface area (Å²) in [6, 6.07) is 1.06. The van der Waals surface area contributed by atoms with Crippen LogP contribution in [0.4, 0.5) is 0 Å². The Balaban J connectivity index is 2.21. The van der Waals surface area contributed by atoms with E-state index in [1.165, 1.54) is 0 Å². The smallest absolute Gasteiger partial charge is 0.0589 e. The maximum Gasteiger partial charge on any atom is 0.0589 e. The molecule has 1 rings (SSSR count). The zero-order chi connectivity index (χ0) is 10.4. The minimum Gasteiger partial charge on any atom is -0.383 e. The molecule has 0 atom stereocenters. The van der Waals surface area contributed by atoms with Crippen molar-refractivity contribution in [1.29, 1.82) is 0 Å². The van der Waals surface area contributed by atoms with Crippen LogP contribution in [0, 0.1) is 0 Å². The lowest BCUT2D eigenvalue weighted by atomic mass is 9.86. The summed E-state index contributed by atoms with van der Waals surface area (Å²) in [6.07, 6.45) is 2.24. The molecule has 4 nitrogen and oxygen atoms in total. The van der Waals surface area contributed by atoms with Gasteiger partial charge >= 0.3 is 0 Å². The van der Waals surface area contributed by atoms with Crippen molar-refractivity contribution in [3.05, 3.63) is 0 Å². The van der Waals surface area contributed by atoms with Crippen molar-refractivity contribution in [2.24, 2.45) is 5.73 Å². The molecule has 0 saturated heterocycles. The highest BCUT2D eigenvalue weighted by Gasteiger charge is 2.30. The van der Waals surface area contributed by atoms with Gasteiger partial charge in [0.05, 0.1) is 13.2 Å². The normalized spacial score (nSPS) is 26.6. The molecule has 1 aliphatic rings. The van der Waals surface area contributed by atoms with Crippen LogP contribution in [-0.2, 0) is 9.47 Å². The molecule has 4 heteroatoms. The van der Waals surface area contributed by atoms with E-state index in [-0.39, 0.29) is 0 Å². The predicted molar refractivity (Wildman–Crippen MR) is 56.3 cm³/mol. The fourth-order valence-electron chi connectivity index (χ4n) is 1.82. The average Bonchev–Trinajstić information content (AvgIpc) is 2.14. The first-order valence-corrected chi connectivity index (χ1v) is 5.25. The topological polar surface area (TPSA) is 47.7 Å². The van der Waals surface area contributed by atoms with E-state index < -0.39 is 0 Å². The first kappa shape index (κ1) is 11.9. The Morgan fingerprint density at radius 3 is 2.00 bits per heavy atom. The monoisotopic (exact) mass is 202 g/mol. The van der Waals surface area contributed by atoms with Gasteiger partial charge in [-0.05, 0) is 12.8 Å². The highest BCUT2D eigenvalue weighted by molar-refractivity contribution is 4.89. The van der Waals surface area contributed by atoms with E-state index in [2.05, 4.69) is 4.90 Å². The summed E-state index contributed by atoms with van der Waals surface area (Å²) in [6.45, 7) is 3.54. The molecule has 0 unspecified atom stereocenters. The number of nitrogens with zero attached hydrogens (tertiary/aromatic N) is 1. The molecule has 0 aliphatic heterocycles. The summed E-state index contributed by atoms with van der Waals surface area (Å²) >= 11 is 0. The van der Waals surface area contributed by atoms with E-state index in [1.807, 2.05) is 0 Å². The molecule has 0 amide bonds. The molecule has 0 bridgehead atoms. The van der Waals surface area contributed by atoms with Crippen LogP contribution in [0.15, 0.2) is 0 Å². The molecule has 1 fully saturated rings. The largest absolute Gasteiger partial charge is 0.383 e. The number of ether oxygens (including phenoxy) is 2. The van der Waals surface area contributed by atoms with E-state index in [0.717, 1.165) is 39.1 Å². The highest BCUT2D eigenvalue weighted by atomic mass is 16.5. The van der Waals surface area contributed by atoms with Crippen molar-refractivity contribution in [3.63, 3.8) is 0 Å². The minimum absolute atomic E-state index is 0.410. The zero-order valence-corrected chi connectivity index (χ0v) is 9.24. The Hall–Kier alpha value is -0.160. The van der Waals surface area contributed by atoms with Gasteiger partial charge in [0.2, 0.25) is 0 Å². The number of hydrogen-bond donors (Lipinski definition) is 1. The standard InChI is InChI=1S/C10H22N2O2/c1-13-5-3-12(4-6-14-2)10-7-9(11)8-10/h9-10H,3-8,11H2,1-2H3. The van der Waals surface area contributed by atoms with Crippen molar-refractivity contribution in [2.75, 3.05) is 40.5 Å². The second kappa shape index (κ2) is 6.35. The van der Waals surface area contributed by atoms with Gasteiger partial charge in [0.15, 0.2) is 0 Å². The van der Waals surface area contributed by atoms with Gasteiger partial charge in [-0.3, -0.25) is 4.90 Å². The van der Waals surface area contributed by atoms with Gasteiger partial charge < -0.3 is 15.2 Å². The van der Waals surface area contributed by atoms with Crippen LogP contribution < -0.4 is 5.73 Å². The van der Waals surface area contributed by atoms with Crippen molar-refractivity contribution >= 4 is 0 Å². The number of methoxy groups -OCH3 is 2. The Morgan fingerprint density at radius 1 is 1.14 bits per heavy atom. The number of hydrogen-bond acceptors (Lipinski definition) is 4. The molecular weight excluding hydrogens is 180 g/mol. The fourth-order valence-corrected chi connectivity index (χ4v) is 1.82. The van der Waals surface area contributed by atoms with Crippen molar-refractivity contribution in [3.8, 4) is 0 Å². The molecule has 84 valence electrons. The third-order valence-electron chi connectivity index (χ3n) is 2.83. The van der Waals surface area contributed by atoms with Crippen LogP contribution in [0.5, 0.6) is 0 Å². The summed E-state index contributed by atoms with van der Waals surface area (Å²) in [5.74, 6) is 0. The van der Waals surface area contributed by atoms with Gasteiger partial charge in [0.25, 0.3) is 0 Å². The molecule has 1 saturated carbocycles. The molecule has 0 aromatic carbocycles. The number of rotatable bonds is 7. The summed E-state index contributed by atoms with van der Waals surface area (Å²) in [4.78, 5) is 2.41. The van der Waals surface area contributed by atoms with Crippen LogP contribution >= 0.6 is 0 Å². The maximum absolute atomic E-state index is 5.77. The summed E-state index contributed by atoms with van der Waals surface area (Å²) in [5.41, 5.74) is 5.77.